The highest BCUT2D eigenvalue weighted by Gasteiger charge is 2.05. The number of guanidine groups is 1. The van der Waals surface area contributed by atoms with Crippen LogP contribution in [0.2, 0.25) is 10.0 Å². The van der Waals surface area contributed by atoms with E-state index in [4.69, 9.17) is 39.9 Å². The van der Waals surface area contributed by atoms with Crippen LogP contribution < -0.4 is 11.5 Å². The van der Waals surface area contributed by atoms with Gasteiger partial charge in [-0.3, -0.25) is 0 Å². The summed E-state index contributed by atoms with van der Waals surface area (Å²) in [6, 6.07) is 6.51. The van der Waals surface area contributed by atoms with Crippen LogP contribution in [0, 0.1) is 11.3 Å². The first-order chi connectivity index (χ1) is 7.54. The van der Waals surface area contributed by atoms with Crippen molar-refractivity contribution in [2.75, 3.05) is 0 Å². The van der Waals surface area contributed by atoms with Gasteiger partial charge in [0.25, 0.3) is 0 Å². The van der Waals surface area contributed by atoms with Gasteiger partial charge in [-0.1, -0.05) is 29.3 Å². The fourth-order valence-corrected chi connectivity index (χ4v) is 1.19. The summed E-state index contributed by atoms with van der Waals surface area (Å²) in [5.74, 6) is -0.229. The van der Waals surface area contributed by atoms with Gasteiger partial charge in [0.1, 0.15) is 6.07 Å². The number of benzene rings is 1. The van der Waals surface area contributed by atoms with E-state index in [1.807, 2.05) is 6.07 Å². The minimum atomic E-state index is -0.229. The smallest absolute Gasteiger partial charge is 0.211 e. The number of hydrogen-bond acceptors (Lipinski definition) is 3. The summed E-state index contributed by atoms with van der Waals surface area (Å²) >= 11 is 11.5. The zero-order chi connectivity index (χ0) is 12.1. The third-order valence-electron chi connectivity index (χ3n) is 1.56. The zero-order valence-electron chi connectivity index (χ0n) is 7.98. The highest BCUT2D eigenvalue weighted by molar-refractivity contribution is 6.42. The quantitative estimate of drug-likeness (QED) is 0.476. The predicted octanol–water partition coefficient (Wildman–Crippen LogP) is 1.49. The van der Waals surface area contributed by atoms with Crippen molar-refractivity contribution in [3.05, 3.63) is 33.8 Å². The lowest BCUT2D eigenvalue weighted by Gasteiger charge is -1.99. The molecule has 0 aliphatic rings. The number of nitrogens with two attached hydrogens (primary N) is 2. The monoisotopic (exact) mass is 255 g/mol. The first kappa shape index (κ1) is 12.3. The maximum atomic E-state index is 8.84. The SMILES string of the molecule is N#C/C(=N\N=C(N)N)c1ccc(Cl)c(Cl)c1. The minimum absolute atomic E-state index is 0.0481. The molecule has 16 heavy (non-hydrogen) atoms. The van der Waals surface area contributed by atoms with Gasteiger partial charge in [0, 0.05) is 5.56 Å². The Morgan fingerprint density at radius 1 is 1.19 bits per heavy atom. The molecule has 0 unspecified atom stereocenters. The summed E-state index contributed by atoms with van der Waals surface area (Å²) in [4.78, 5) is 0. The molecule has 0 radical (unpaired) electrons. The van der Waals surface area contributed by atoms with E-state index in [1.165, 1.54) is 6.07 Å². The Labute approximate surface area is 102 Å². The summed E-state index contributed by atoms with van der Waals surface area (Å²) in [7, 11) is 0. The highest BCUT2D eigenvalue weighted by Crippen LogP contribution is 2.22. The number of halogens is 2. The van der Waals surface area contributed by atoms with Crippen LogP contribution in [0.15, 0.2) is 28.4 Å². The van der Waals surface area contributed by atoms with E-state index in [1.54, 1.807) is 12.1 Å². The Bertz CT molecular complexity index is 497. The molecule has 1 rings (SSSR count). The third-order valence-corrected chi connectivity index (χ3v) is 2.30. The number of hydrogen-bond donors (Lipinski definition) is 2. The Morgan fingerprint density at radius 2 is 1.88 bits per heavy atom. The molecule has 0 aliphatic heterocycles. The molecule has 0 aromatic heterocycles. The number of nitrogens with zero attached hydrogens (tertiary/aromatic N) is 3. The molecular formula is C9H7Cl2N5. The summed E-state index contributed by atoms with van der Waals surface area (Å²) in [5, 5.41) is 16.5. The van der Waals surface area contributed by atoms with Crippen molar-refractivity contribution in [1.82, 2.24) is 0 Å². The molecule has 4 N–H and O–H groups in total. The lowest BCUT2D eigenvalue weighted by molar-refractivity contribution is 1.20. The molecule has 0 spiro atoms. The van der Waals surface area contributed by atoms with Crippen LogP contribution in [-0.4, -0.2) is 11.7 Å². The molecule has 0 fully saturated rings. The second-order valence-electron chi connectivity index (χ2n) is 2.71. The average molecular weight is 256 g/mol. The Morgan fingerprint density at radius 3 is 2.38 bits per heavy atom. The van der Waals surface area contributed by atoms with E-state index in [0.717, 1.165) is 0 Å². The van der Waals surface area contributed by atoms with Crippen LogP contribution in [0.5, 0.6) is 0 Å². The second-order valence-corrected chi connectivity index (χ2v) is 3.53. The number of nitriles is 1. The summed E-state index contributed by atoms with van der Waals surface area (Å²) < 4.78 is 0. The van der Waals surface area contributed by atoms with Crippen LogP contribution >= 0.6 is 23.2 Å². The molecule has 0 saturated carbocycles. The van der Waals surface area contributed by atoms with Gasteiger partial charge < -0.3 is 11.5 Å². The molecule has 0 heterocycles. The third kappa shape index (κ3) is 3.12. The molecular weight excluding hydrogens is 249 g/mol. The number of rotatable bonds is 2. The maximum absolute atomic E-state index is 8.84. The summed E-state index contributed by atoms with van der Waals surface area (Å²) in [6.45, 7) is 0. The molecule has 1 aromatic carbocycles. The molecule has 0 aliphatic carbocycles. The first-order valence-electron chi connectivity index (χ1n) is 4.06. The van der Waals surface area contributed by atoms with Crippen LogP contribution in [0.1, 0.15) is 5.56 Å². The van der Waals surface area contributed by atoms with Gasteiger partial charge in [0.2, 0.25) is 5.96 Å². The van der Waals surface area contributed by atoms with E-state index in [-0.39, 0.29) is 11.7 Å². The van der Waals surface area contributed by atoms with Gasteiger partial charge in [-0.05, 0) is 12.1 Å². The summed E-state index contributed by atoms with van der Waals surface area (Å²) in [5.41, 5.74) is 10.7. The Hall–Kier alpha value is -1.77. The molecule has 0 bridgehead atoms. The lowest BCUT2D eigenvalue weighted by atomic mass is 10.1. The molecule has 1 aromatic rings. The van der Waals surface area contributed by atoms with E-state index in [0.29, 0.717) is 15.6 Å². The maximum Gasteiger partial charge on any atom is 0.211 e. The average Bonchev–Trinajstić information content (AvgIpc) is 2.23. The van der Waals surface area contributed by atoms with Gasteiger partial charge in [0.05, 0.1) is 10.0 Å². The van der Waals surface area contributed by atoms with E-state index < -0.39 is 0 Å². The molecule has 0 atom stereocenters. The van der Waals surface area contributed by atoms with Crippen molar-refractivity contribution < 1.29 is 0 Å². The molecule has 0 saturated heterocycles. The fourth-order valence-electron chi connectivity index (χ4n) is 0.896. The first-order valence-corrected chi connectivity index (χ1v) is 4.82. The van der Waals surface area contributed by atoms with Crippen molar-refractivity contribution >= 4 is 34.9 Å². The zero-order valence-corrected chi connectivity index (χ0v) is 9.50. The normalized spacial score (nSPS) is 10.7. The fraction of sp³-hybridized carbons (Fsp3) is 0. The molecule has 0 amide bonds. The topological polar surface area (TPSA) is 101 Å². The van der Waals surface area contributed by atoms with Crippen molar-refractivity contribution in [3.63, 3.8) is 0 Å². The Kier molecular flexibility index (Phi) is 4.11. The van der Waals surface area contributed by atoms with E-state index >= 15 is 0 Å². The predicted molar refractivity (Wildman–Crippen MR) is 64.4 cm³/mol. The van der Waals surface area contributed by atoms with Crippen molar-refractivity contribution in [2.45, 2.75) is 0 Å². The standard InChI is InChI=1S/C9H7Cl2N5/c10-6-2-1-5(3-7(6)11)8(4-12)15-16-9(13)14/h1-3H,(H4,13,14,16)/b15-8+. The molecule has 7 heteroatoms. The molecule has 5 nitrogen and oxygen atoms in total. The second kappa shape index (κ2) is 5.35. The molecule has 82 valence electrons. The van der Waals surface area contributed by atoms with E-state index in [2.05, 4.69) is 10.2 Å². The van der Waals surface area contributed by atoms with Crippen molar-refractivity contribution in [1.29, 1.82) is 5.26 Å². The largest absolute Gasteiger partial charge is 0.369 e. The van der Waals surface area contributed by atoms with Crippen LogP contribution in [0.4, 0.5) is 0 Å². The van der Waals surface area contributed by atoms with E-state index in [9.17, 15) is 0 Å². The van der Waals surface area contributed by atoms with Crippen LogP contribution in [0.25, 0.3) is 0 Å². The van der Waals surface area contributed by atoms with Crippen LogP contribution in [0.3, 0.4) is 0 Å². The highest BCUT2D eigenvalue weighted by atomic mass is 35.5. The van der Waals surface area contributed by atoms with Gasteiger partial charge in [-0.15, -0.1) is 10.2 Å². The summed E-state index contributed by atoms with van der Waals surface area (Å²) in [6.07, 6.45) is 0. The van der Waals surface area contributed by atoms with Gasteiger partial charge in [-0.25, -0.2) is 0 Å². The van der Waals surface area contributed by atoms with Gasteiger partial charge in [-0.2, -0.15) is 5.26 Å². The van der Waals surface area contributed by atoms with Gasteiger partial charge in [0.15, 0.2) is 5.71 Å². The lowest BCUT2D eigenvalue weighted by Crippen LogP contribution is -2.22. The Balaban J connectivity index is 3.16. The minimum Gasteiger partial charge on any atom is -0.369 e. The van der Waals surface area contributed by atoms with Crippen LogP contribution in [-0.2, 0) is 0 Å². The van der Waals surface area contributed by atoms with Gasteiger partial charge >= 0.3 is 0 Å². The van der Waals surface area contributed by atoms with Crippen molar-refractivity contribution in [3.8, 4) is 6.07 Å². The van der Waals surface area contributed by atoms with Crippen molar-refractivity contribution in [2.24, 2.45) is 21.7 Å².